The number of guanidine groups is 1. The summed E-state index contributed by atoms with van der Waals surface area (Å²) in [6.07, 6.45) is 28.7. The number of carbonyl (C=O) groups excluding carboxylic acids is 3. The summed E-state index contributed by atoms with van der Waals surface area (Å²) in [7, 11) is 1.65. The molecule has 9 N–H and O–H groups in total. The molecule has 0 heterocycles. The largest absolute Gasteiger partial charge is 0.369 e. The van der Waals surface area contributed by atoms with E-state index in [9.17, 15) is 14.4 Å². The summed E-state index contributed by atoms with van der Waals surface area (Å²) in [6, 6.07) is -1.76. The average molecular weight is 681 g/mol. The lowest BCUT2D eigenvalue weighted by Gasteiger charge is -2.32. The third kappa shape index (κ3) is 23.3. The van der Waals surface area contributed by atoms with Crippen molar-refractivity contribution in [2.24, 2.45) is 28.0 Å². The van der Waals surface area contributed by atoms with Crippen molar-refractivity contribution in [3.63, 3.8) is 0 Å². The zero-order chi connectivity index (χ0) is 35.9. The van der Waals surface area contributed by atoms with Gasteiger partial charge in [0.25, 0.3) is 0 Å². The first-order chi connectivity index (χ1) is 23.1. The van der Waals surface area contributed by atoms with Gasteiger partial charge in [-0.1, -0.05) is 142 Å². The van der Waals surface area contributed by atoms with Gasteiger partial charge in [-0.2, -0.15) is 4.48 Å². The van der Waals surface area contributed by atoms with Crippen LogP contribution in [0.4, 0.5) is 0 Å². The summed E-state index contributed by atoms with van der Waals surface area (Å²) < 4.78 is -0.444. The number of nitrogens with one attached hydrogen (secondary N) is 1. The summed E-state index contributed by atoms with van der Waals surface area (Å²) in [5.41, 5.74) is 25.8. The lowest BCUT2D eigenvalue weighted by atomic mass is 9.99. The Labute approximate surface area is 294 Å². The molecule has 0 aliphatic heterocycles. The number of hydrazone groups is 1. The van der Waals surface area contributed by atoms with Crippen LogP contribution in [0.5, 0.6) is 0 Å². The van der Waals surface area contributed by atoms with Gasteiger partial charge in [-0.25, -0.2) is 9.59 Å². The summed E-state index contributed by atoms with van der Waals surface area (Å²) >= 11 is 0. The Hall–Kier alpha value is -2.04. The third-order valence-corrected chi connectivity index (χ3v) is 9.66. The minimum Gasteiger partial charge on any atom is -0.369 e. The molecule has 0 aromatic heterocycles. The summed E-state index contributed by atoms with van der Waals surface area (Å²) in [5.74, 6) is -0.810. The Bertz CT molecular complexity index is 810. The van der Waals surface area contributed by atoms with E-state index in [4.69, 9.17) is 22.9 Å². The van der Waals surface area contributed by atoms with Crippen molar-refractivity contribution in [3.05, 3.63) is 0 Å². The molecule has 2 amide bonds. The molecule has 2 atom stereocenters. The monoisotopic (exact) mass is 681 g/mol. The van der Waals surface area contributed by atoms with E-state index in [0.29, 0.717) is 32.2 Å². The van der Waals surface area contributed by atoms with E-state index in [1.165, 1.54) is 103 Å². The summed E-state index contributed by atoms with van der Waals surface area (Å²) in [5, 5.41) is 3.84. The van der Waals surface area contributed by atoms with Crippen molar-refractivity contribution >= 4 is 23.6 Å². The molecule has 0 aliphatic carbocycles. The molecule has 0 spiro atoms. The molecule has 0 saturated heterocycles. The fraction of sp³-hybridized carbons (Fsp3) is 0.895. The highest BCUT2D eigenvalue weighted by atomic mass is 16.2. The summed E-state index contributed by atoms with van der Waals surface area (Å²) in [6.45, 7) is 4.92. The van der Waals surface area contributed by atoms with Gasteiger partial charge in [0, 0.05) is 0 Å². The first-order valence-electron chi connectivity index (χ1n) is 19.9. The Morgan fingerprint density at radius 2 is 0.979 bits per heavy atom. The number of hydrogen-bond donors (Lipinski definition) is 5. The van der Waals surface area contributed by atoms with Crippen LogP contribution >= 0.6 is 0 Å². The molecule has 0 aromatic rings. The number of nitrogens with zero attached hydrogens (tertiary/aromatic N) is 2. The molecule has 10 heteroatoms. The van der Waals surface area contributed by atoms with E-state index in [1.807, 2.05) is 0 Å². The topological polar surface area (TPSA) is 180 Å². The van der Waals surface area contributed by atoms with Crippen molar-refractivity contribution in [2.45, 2.75) is 199 Å². The van der Waals surface area contributed by atoms with E-state index in [2.05, 4.69) is 24.4 Å². The van der Waals surface area contributed by atoms with Crippen molar-refractivity contribution < 1.29 is 18.9 Å². The molecule has 0 aliphatic rings. The normalized spacial score (nSPS) is 12.9. The number of amides is 2. The Morgan fingerprint density at radius 3 is 1.33 bits per heavy atom. The zero-order valence-corrected chi connectivity index (χ0v) is 31.6. The smallest absolute Gasteiger partial charge is 0.320 e. The van der Waals surface area contributed by atoms with E-state index in [1.54, 1.807) is 7.05 Å². The van der Waals surface area contributed by atoms with Gasteiger partial charge in [-0.3, -0.25) is 10.2 Å². The number of quaternary nitrogens is 1. The first-order valence-corrected chi connectivity index (χ1v) is 19.9. The molecule has 0 aromatic carbocycles. The summed E-state index contributed by atoms with van der Waals surface area (Å²) in [4.78, 5) is 40.9. The van der Waals surface area contributed by atoms with Crippen LogP contribution in [-0.2, 0) is 14.4 Å². The standard InChI is InChI=1S/C38H78N7O3/c1-4-6-8-10-12-14-16-18-20-22-24-29-35(46)45(3,36(47)30-25-23-21-19-17-15-13-11-9-7-5-2)32-33(40)37(48)34(28-26-27-31-39)43-44-38(41)42/h33-34,43H,4-32,39-40H2,1-3H3,(H4,41,42,44)/q+1/t33?,34-/m0/s1. The SMILES string of the molecule is CCCCCCCCCCCCCC(=O)[N+](C)(CC(N)C(=O)[C@H](CCCCN)NN=C(N)N)C(=O)CCCCCCCCCCCCC. The van der Waals surface area contributed by atoms with E-state index in [0.717, 1.165) is 44.9 Å². The minimum absolute atomic E-state index is 0.0660. The van der Waals surface area contributed by atoms with E-state index >= 15 is 0 Å². The lowest BCUT2D eigenvalue weighted by Crippen LogP contribution is -2.61. The van der Waals surface area contributed by atoms with Gasteiger partial charge in [0.2, 0.25) is 5.96 Å². The molecule has 0 bridgehead atoms. The number of ketones is 1. The number of likely N-dealkylation sites (N-methyl/N-ethyl adjacent to an activating group) is 1. The van der Waals surface area contributed by atoms with Crippen LogP contribution in [0, 0.1) is 0 Å². The molecule has 0 radical (unpaired) electrons. The van der Waals surface area contributed by atoms with Gasteiger partial charge in [0.15, 0.2) is 5.78 Å². The number of unbranched alkanes of at least 4 members (excludes halogenated alkanes) is 21. The van der Waals surface area contributed by atoms with E-state index in [-0.39, 0.29) is 30.1 Å². The number of imide groups is 1. The van der Waals surface area contributed by atoms with Crippen LogP contribution < -0.4 is 28.4 Å². The van der Waals surface area contributed by atoms with Gasteiger partial charge in [0.05, 0.1) is 19.9 Å². The van der Waals surface area contributed by atoms with Crippen LogP contribution in [0.3, 0.4) is 0 Å². The van der Waals surface area contributed by atoms with Crippen LogP contribution in [0.2, 0.25) is 0 Å². The predicted molar refractivity (Wildman–Crippen MR) is 202 cm³/mol. The first kappa shape index (κ1) is 46.0. The Balaban J connectivity index is 5.14. The highest BCUT2D eigenvalue weighted by Crippen LogP contribution is 2.19. The molecule has 282 valence electrons. The Kier molecular flexibility index (Phi) is 29.7. The third-order valence-electron chi connectivity index (χ3n) is 9.66. The van der Waals surface area contributed by atoms with Gasteiger partial charge < -0.3 is 22.9 Å². The molecule has 48 heavy (non-hydrogen) atoms. The molecule has 1 unspecified atom stereocenters. The minimum atomic E-state index is -1.03. The molecular formula is C38H78N7O3+. The number of hydrogen-bond acceptors (Lipinski definition) is 7. The maximum absolute atomic E-state index is 13.7. The van der Waals surface area contributed by atoms with Crippen molar-refractivity contribution in [2.75, 3.05) is 20.1 Å². The van der Waals surface area contributed by atoms with Gasteiger partial charge in [-0.05, 0) is 38.6 Å². The highest BCUT2D eigenvalue weighted by Gasteiger charge is 2.42. The van der Waals surface area contributed by atoms with Crippen LogP contribution in [0.25, 0.3) is 0 Å². The van der Waals surface area contributed by atoms with Crippen LogP contribution in [0.15, 0.2) is 5.10 Å². The second kappa shape index (κ2) is 31.0. The van der Waals surface area contributed by atoms with Crippen molar-refractivity contribution in [3.8, 4) is 0 Å². The second-order valence-corrected chi connectivity index (χ2v) is 14.2. The van der Waals surface area contributed by atoms with Gasteiger partial charge >= 0.3 is 11.8 Å². The lowest BCUT2D eigenvalue weighted by molar-refractivity contribution is -0.758. The molecule has 0 saturated carbocycles. The predicted octanol–water partition coefficient (Wildman–Crippen LogP) is 7.06. The maximum atomic E-state index is 13.7. The number of rotatable bonds is 34. The van der Waals surface area contributed by atoms with Crippen molar-refractivity contribution in [1.29, 1.82) is 0 Å². The van der Waals surface area contributed by atoms with Gasteiger partial charge in [-0.15, -0.1) is 5.10 Å². The van der Waals surface area contributed by atoms with Crippen molar-refractivity contribution in [1.82, 2.24) is 5.43 Å². The zero-order valence-electron chi connectivity index (χ0n) is 31.6. The number of Topliss-reactive ketones (excluding diaryl/α,β-unsaturated/α-hetero) is 1. The molecule has 0 rings (SSSR count). The quantitative estimate of drug-likeness (QED) is 0.0157. The number of carbonyl (C=O) groups is 3. The van der Waals surface area contributed by atoms with Crippen LogP contribution in [-0.4, -0.2) is 60.3 Å². The fourth-order valence-electron chi connectivity index (χ4n) is 6.37. The molecular weight excluding hydrogens is 602 g/mol. The van der Waals surface area contributed by atoms with Crippen LogP contribution in [0.1, 0.15) is 187 Å². The number of nitrogens with two attached hydrogens (primary N) is 4. The Morgan fingerprint density at radius 1 is 0.604 bits per heavy atom. The highest BCUT2D eigenvalue weighted by molar-refractivity contribution is 5.90. The fourth-order valence-corrected chi connectivity index (χ4v) is 6.37. The van der Waals surface area contributed by atoms with Gasteiger partial charge in [0.1, 0.15) is 18.6 Å². The maximum Gasteiger partial charge on any atom is 0.320 e. The molecule has 10 nitrogen and oxygen atoms in total. The second-order valence-electron chi connectivity index (χ2n) is 14.2. The van der Waals surface area contributed by atoms with E-state index < -0.39 is 16.6 Å². The molecule has 0 fully saturated rings. The average Bonchev–Trinajstić information content (AvgIpc) is 3.06.